The number of hydrogen-bond acceptors (Lipinski definition) is 1. The monoisotopic (exact) mass is 253 g/mol. The Hall–Kier alpha value is -1.65. The maximum absolute atomic E-state index is 12.6. The molecule has 0 aromatic heterocycles. The third kappa shape index (κ3) is 2.78. The predicted molar refractivity (Wildman–Crippen MR) is 68.4 cm³/mol. The molecule has 0 atom stereocenters. The van der Waals surface area contributed by atoms with Crippen LogP contribution in [0.4, 0.5) is 12.9 Å². The second-order valence-electron chi connectivity index (χ2n) is 4.51. The summed E-state index contributed by atoms with van der Waals surface area (Å²) < 4.78 is 43.3. The van der Waals surface area contributed by atoms with E-state index in [4.69, 9.17) is 4.74 Å². The van der Waals surface area contributed by atoms with Crippen molar-refractivity contribution < 1.29 is 17.7 Å². The van der Waals surface area contributed by atoms with Crippen LogP contribution in [-0.4, -0.2) is 13.1 Å². The molecular formula is C13H13BF3O-. The van der Waals surface area contributed by atoms with E-state index in [2.05, 4.69) is 0 Å². The lowest BCUT2D eigenvalue weighted by atomic mass is 9.79. The fraction of sp³-hybridized carbons (Fsp3) is 0.231. The third-order valence-corrected chi connectivity index (χ3v) is 2.59. The Labute approximate surface area is 104 Å². The van der Waals surface area contributed by atoms with Gasteiger partial charge in [0.1, 0.15) is 5.75 Å². The summed E-state index contributed by atoms with van der Waals surface area (Å²) in [4.78, 5) is 0. The Morgan fingerprint density at radius 3 is 2.17 bits per heavy atom. The summed E-state index contributed by atoms with van der Waals surface area (Å²) in [5, 5.41) is 1.32. The number of fused-ring (bicyclic) bond motifs is 1. The Morgan fingerprint density at radius 1 is 0.944 bits per heavy atom. The van der Waals surface area contributed by atoms with E-state index >= 15 is 0 Å². The molecule has 0 spiro atoms. The highest BCUT2D eigenvalue weighted by atomic mass is 19.4. The van der Waals surface area contributed by atoms with Gasteiger partial charge in [-0.25, -0.2) is 0 Å². The minimum atomic E-state index is -4.94. The molecule has 0 N–H and O–H groups in total. The van der Waals surface area contributed by atoms with Gasteiger partial charge in [-0.2, -0.15) is 0 Å². The SMILES string of the molecule is CC(C)Oc1ccc2cc([B-](F)(F)F)ccc2c1. The quantitative estimate of drug-likeness (QED) is 0.758. The summed E-state index contributed by atoms with van der Waals surface area (Å²) in [5.41, 5.74) is -0.569. The first-order valence-electron chi connectivity index (χ1n) is 5.76. The van der Waals surface area contributed by atoms with Crippen LogP contribution < -0.4 is 10.2 Å². The van der Waals surface area contributed by atoms with E-state index in [1.54, 1.807) is 18.2 Å². The van der Waals surface area contributed by atoms with Crippen molar-refractivity contribution in [3.05, 3.63) is 36.4 Å². The minimum Gasteiger partial charge on any atom is -0.491 e. The van der Waals surface area contributed by atoms with Crippen molar-refractivity contribution in [2.75, 3.05) is 0 Å². The summed E-state index contributed by atoms with van der Waals surface area (Å²) >= 11 is 0. The number of benzene rings is 2. The minimum absolute atomic E-state index is 0.0419. The number of rotatable bonds is 3. The van der Waals surface area contributed by atoms with Crippen molar-refractivity contribution in [2.45, 2.75) is 20.0 Å². The maximum Gasteiger partial charge on any atom is 0.509 e. The van der Waals surface area contributed by atoms with Crippen molar-refractivity contribution in [1.82, 2.24) is 0 Å². The van der Waals surface area contributed by atoms with Crippen LogP contribution in [0.1, 0.15) is 13.8 Å². The van der Waals surface area contributed by atoms with E-state index in [-0.39, 0.29) is 6.10 Å². The molecule has 0 heterocycles. The van der Waals surface area contributed by atoms with Crippen LogP contribution in [0.2, 0.25) is 0 Å². The molecule has 0 saturated carbocycles. The molecule has 0 aliphatic rings. The van der Waals surface area contributed by atoms with Gasteiger partial charge < -0.3 is 17.7 Å². The zero-order valence-electron chi connectivity index (χ0n) is 10.2. The van der Waals surface area contributed by atoms with Gasteiger partial charge in [-0.1, -0.05) is 24.3 Å². The predicted octanol–water partition coefficient (Wildman–Crippen LogP) is 3.68. The fourth-order valence-corrected chi connectivity index (χ4v) is 1.79. The van der Waals surface area contributed by atoms with E-state index in [0.717, 1.165) is 11.5 Å². The maximum atomic E-state index is 12.6. The molecule has 1 nitrogen and oxygen atoms in total. The molecule has 2 aromatic carbocycles. The van der Waals surface area contributed by atoms with Crippen LogP contribution >= 0.6 is 0 Å². The second-order valence-corrected chi connectivity index (χ2v) is 4.51. The van der Waals surface area contributed by atoms with Crippen LogP contribution in [0.15, 0.2) is 36.4 Å². The Morgan fingerprint density at radius 2 is 1.56 bits per heavy atom. The van der Waals surface area contributed by atoms with Gasteiger partial charge in [-0.15, -0.1) is 5.46 Å². The molecule has 96 valence electrons. The standard InChI is InChI=1S/C13H13BF3O/c1-9(2)18-13-6-4-10-7-12(14(15,16)17)5-3-11(10)8-13/h3-9H,1-2H3/q-1. The molecule has 0 aliphatic carbocycles. The lowest BCUT2D eigenvalue weighted by Crippen LogP contribution is -2.33. The first-order valence-corrected chi connectivity index (χ1v) is 5.76. The Bertz CT molecular complexity index is 564. The van der Waals surface area contributed by atoms with Crippen LogP contribution in [0, 0.1) is 0 Å². The number of halogens is 3. The molecule has 18 heavy (non-hydrogen) atoms. The molecule has 0 bridgehead atoms. The van der Waals surface area contributed by atoms with E-state index in [9.17, 15) is 12.9 Å². The van der Waals surface area contributed by atoms with Crippen molar-refractivity contribution in [3.8, 4) is 5.75 Å². The summed E-state index contributed by atoms with van der Waals surface area (Å²) in [6.07, 6.45) is 0.0419. The second kappa shape index (κ2) is 4.56. The topological polar surface area (TPSA) is 9.23 Å². The van der Waals surface area contributed by atoms with Crippen LogP contribution in [0.25, 0.3) is 10.8 Å². The Kier molecular flexibility index (Phi) is 3.24. The lowest BCUT2D eigenvalue weighted by molar-refractivity contribution is 0.243. The van der Waals surface area contributed by atoms with Crippen molar-refractivity contribution in [3.63, 3.8) is 0 Å². The summed E-state index contributed by atoms with van der Waals surface area (Å²) in [6, 6.07) is 8.86. The van der Waals surface area contributed by atoms with Crippen molar-refractivity contribution in [1.29, 1.82) is 0 Å². The molecule has 0 unspecified atom stereocenters. The van der Waals surface area contributed by atoms with Gasteiger partial charge in [0.2, 0.25) is 0 Å². The Balaban J connectivity index is 2.42. The zero-order valence-corrected chi connectivity index (χ0v) is 10.2. The van der Waals surface area contributed by atoms with Crippen molar-refractivity contribution >= 4 is 23.2 Å². The first-order chi connectivity index (χ1) is 8.36. The summed E-state index contributed by atoms with van der Waals surface area (Å²) in [7, 11) is 0. The van der Waals surface area contributed by atoms with Gasteiger partial charge in [0, 0.05) is 0 Å². The molecule has 2 aromatic rings. The van der Waals surface area contributed by atoms with E-state index < -0.39 is 12.4 Å². The number of ether oxygens (including phenoxy) is 1. The van der Waals surface area contributed by atoms with Gasteiger partial charge >= 0.3 is 6.98 Å². The normalized spacial score (nSPS) is 12.1. The van der Waals surface area contributed by atoms with E-state index in [0.29, 0.717) is 11.1 Å². The van der Waals surface area contributed by atoms with Crippen LogP contribution in [0.3, 0.4) is 0 Å². The fourth-order valence-electron chi connectivity index (χ4n) is 1.79. The van der Waals surface area contributed by atoms with E-state index in [1.165, 1.54) is 12.1 Å². The highest BCUT2D eigenvalue weighted by molar-refractivity contribution is 6.73. The number of hydrogen-bond donors (Lipinski definition) is 0. The largest absolute Gasteiger partial charge is 0.509 e. The van der Waals surface area contributed by atoms with Gasteiger partial charge in [0.05, 0.1) is 6.10 Å². The van der Waals surface area contributed by atoms with Crippen LogP contribution in [0.5, 0.6) is 5.75 Å². The molecule has 0 aliphatic heterocycles. The molecule has 0 radical (unpaired) electrons. The molecular weight excluding hydrogens is 240 g/mol. The summed E-state index contributed by atoms with van der Waals surface area (Å²) in [6.45, 7) is -1.14. The van der Waals surface area contributed by atoms with Gasteiger partial charge in [0.25, 0.3) is 0 Å². The molecule has 2 rings (SSSR count). The van der Waals surface area contributed by atoms with E-state index in [1.807, 2.05) is 13.8 Å². The lowest BCUT2D eigenvalue weighted by Gasteiger charge is -2.16. The average Bonchev–Trinajstić information content (AvgIpc) is 2.26. The van der Waals surface area contributed by atoms with Gasteiger partial charge in [-0.3, -0.25) is 0 Å². The molecule has 0 amide bonds. The smallest absolute Gasteiger partial charge is 0.491 e. The molecule has 0 saturated heterocycles. The summed E-state index contributed by atoms with van der Waals surface area (Å²) in [5.74, 6) is 0.669. The molecule has 0 fully saturated rings. The van der Waals surface area contributed by atoms with Gasteiger partial charge in [-0.05, 0) is 36.8 Å². The highest BCUT2D eigenvalue weighted by Gasteiger charge is 2.25. The average molecular weight is 253 g/mol. The highest BCUT2D eigenvalue weighted by Crippen LogP contribution is 2.22. The first kappa shape index (κ1) is 12.8. The van der Waals surface area contributed by atoms with Crippen molar-refractivity contribution in [2.24, 2.45) is 0 Å². The van der Waals surface area contributed by atoms with Crippen LogP contribution in [-0.2, 0) is 0 Å². The van der Waals surface area contributed by atoms with Gasteiger partial charge in [0.15, 0.2) is 0 Å². The third-order valence-electron chi connectivity index (χ3n) is 2.59. The molecule has 5 heteroatoms. The zero-order chi connectivity index (χ0) is 13.3.